The first-order chi connectivity index (χ1) is 9.36. The van der Waals surface area contributed by atoms with Crippen LogP contribution in [-0.2, 0) is 16.6 Å². The van der Waals surface area contributed by atoms with Gasteiger partial charge in [-0.1, -0.05) is 23.7 Å². The van der Waals surface area contributed by atoms with Crippen LogP contribution in [-0.4, -0.2) is 8.42 Å². The Morgan fingerprint density at radius 3 is 2.60 bits per heavy atom. The zero-order chi connectivity index (χ0) is 14.8. The van der Waals surface area contributed by atoms with E-state index in [0.29, 0.717) is 22.8 Å². The number of anilines is 1. The summed E-state index contributed by atoms with van der Waals surface area (Å²) < 4.78 is 35.6. The third-order valence-corrected chi connectivity index (χ3v) is 3.88. The van der Waals surface area contributed by atoms with Crippen LogP contribution < -0.4 is 10.5 Å². The molecule has 0 saturated heterocycles. The van der Waals surface area contributed by atoms with E-state index in [0.717, 1.165) is 0 Å². The van der Waals surface area contributed by atoms with Gasteiger partial charge in [0.05, 0.1) is 15.6 Å². The quantitative estimate of drug-likeness (QED) is 0.911. The molecule has 0 amide bonds. The summed E-state index contributed by atoms with van der Waals surface area (Å²) in [6.45, 7) is 0.311. The molecule has 3 N–H and O–H groups in total. The highest BCUT2D eigenvalue weighted by Gasteiger charge is 2.10. The molecule has 0 aliphatic rings. The van der Waals surface area contributed by atoms with Crippen molar-refractivity contribution in [3.8, 4) is 0 Å². The predicted molar refractivity (Wildman–Crippen MR) is 76.6 cm³/mol. The van der Waals surface area contributed by atoms with Gasteiger partial charge in [0.1, 0.15) is 5.82 Å². The van der Waals surface area contributed by atoms with Crippen LogP contribution in [0.15, 0.2) is 47.4 Å². The van der Waals surface area contributed by atoms with Crippen molar-refractivity contribution in [2.75, 3.05) is 5.32 Å². The molecule has 0 fully saturated rings. The van der Waals surface area contributed by atoms with Gasteiger partial charge in [0, 0.05) is 6.54 Å². The van der Waals surface area contributed by atoms with E-state index in [9.17, 15) is 12.8 Å². The van der Waals surface area contributed by atoms with Crippen molar-refractivity contribution in [2.24, 2.45) is 5.14 Å². The number of benzene rings is 2. The Morgan fingerprint density at radius 2 is 1.95 bits per heavy atom. The van der Waals surface area contributed by atoms with E-state index in [1.807, 2.05) is 0 Å². The number of halogens is 2. The molecule has 0 unspecified atom stereocenters. The molecule has 106 valence electrons. The fourth-order valence-electron chi connectivity index (χ4n) is 1.66. The SMILES string of the molecule is NS(=O)(=O)c1ccc(Cl)c(NCc2cccc(F)c2)c1. The molecule has 0 spiro atoms. The fraction of sp³-hybridized carbons (Fsp3) is 0.0769. The van der Waals surface area contributed by atoms with Crippen molar-refractivity contribution in [3.05, 3.63) is 58.9 Å². The van der Waals surface area contributed by atoms with Crippen molar-refractivity contribution in [2.45, 2.75) is 11.4 Å². The molecule has 2 aromatic rings. The Bertz CT molecular complexity index is 735. The summed E-state index contributed by atoms with van der Waals surface area (Å²) in [5, 5.41) is 8.36. The number of rotatable bonds is 4. The number of hydrogen-bond donors (Lipinski definition) is 2. The summed E-state index contributed by atoms with van der Waals surface area (Å²) in [5.74, 6) is -0.339. The normalized spacial score (nSPS) is 11.3. The first kappa shape index (κ1) is 14.8. The third-order valence-electron chi connectivity index (χ3n) is 2.64. The molecule has 0 radical (unpaired) electrons. The second-order valence-corrected chi connectivity index (χ2v) is 6.14. The van der Waals surface area contributed by atoms with Gasteiger partial charge >= 0.3 is 0 Å². The first-order valence-electron chi connectivity index (χ1n) is 5.67. The molecule has 0 saturated carbocycles. The zero-order valence-corrected chi connectivity index (χ0v) is 11.9. The molecule has 0 aromatic heterocycles. The Balaban J connectivity index is 2.21. The van der Waals surface area contributed by atoms with E-state index >= 15 is 0 Å². The number of nitrogens with two attached hydrogens (primary N) is 1. The Kier molecular flexibility index (Phi) is 4.27. The monoisotopic (exact) mass is 314 g/mol. The molecule has 0 aliphatic heterocycles. The van der Waals surface area contributed by atoms with Gasteiger partial charge in [-0.25, -0.2) is 17.9 Å². The van der Waals surface area contributed by atoms with Crippen molar-refractivity contribution in [1.82, 2.24) is 0 Å². The highest BCUT2D eigenvalue weighted by molar-refractivity contribution is 7.89. The summed E-state index contributed by atoms with van der Waals surface area (Å²) in [6, 6.07) is 10.2. The van der Waals surface area contributed by atoms with Crippen molar-refractivity contribution >= 4 is 27.3 Å². The molecule has 4 nitrogen and oxygen atoms in total. The van der Waals surface area contributed by atoms with Gasteiger partial charge in [-0.2, -0.15) is 0 Å². The Hall–Kier alpha value is -1.63. The van der Waals surface area contributed by atoms with Crippen LogP contribution in [0, 0.1) is 5.82 Å². The summed E-state index contributed by atoms with van der Waals surface area (Å²) >= 11 is 5.97. The second kappa shape index (κ2) is 5.78. The molecule has 2 rings (SSSR count). The van der Waals surface area contributed by atoms with Crippen LogP contribution >= 0.6 is 11.6 Å². The molecule has 20 heavy (non-hydrogen) atoms. The van der Waals surface area contributed by atoms with Crippen LogP contribution in [0.1, 0.15) is 5.56 Å². The van der Waals surface area contributed by atoms with Crippen molar-refractivity contribution in [1.29, 1.82) is 0 Å². The molecular formula is C13H12ClFN2O2S. The minimum absolute atomic E-state index is 0.0383. The van der Waals surface area contributed by atoms with E-state index < -0.39 is 10.0 Å². The van der Waals surface area contributed by atoms with Crippen LogP contribution in [0.4, 0.5) is 10.1 Å². The van der Waals surface area contributed by atoms with E-state index in [-0.39, 0.29) is 10.7 Å². The predicted octanol–water partition coefficient (Wildman–Crippen LogP) is 2.74. The van der Waals surface area contributed by atoms with Crippen LogP contribution in [0.25, 0.3) is 0 Å². The van der Waals surface area contributed by atoms with Gasteiger partial charge in [-0.3, -0.25) is 0 Å². The highest BCUT2D eigenvalue weighted by atomic mass is 35.5. The number of hydrogen-bond acceptors (Lipinski definition) is 3. The van der Waals surface area contributed by atoms with Crippen LogP contribution in [0.5, 0.6) is 0 Å². The van der Waals surface area contributed by atoms with Gasteiger partial charge in [0.25, 0.3) is 0 Å². The van der Waals surface area contributed by atoms with Crippen LogP contribution in [0.3, 0.4) is 0 Å². The number of sulfonamides is 1. The maximum Gasteiger partial charge on any atom is 0.238 e. The zero-order valence-electron chi connectivity index (χ0n) is 10.3. The third kappa shape index (κ3) is 3.69. The smallest absolute Gasteiger partial charge is 0.238 e. The molecule has 7 heteroatoms. The Labute approximate surface area is 121 Å². The number of primary sulfonamides is 1. The molecule has 0 aliphatic carbocycles. The molecule has 0 heterocycles. The van der Waals surface area contributed by atoms with Gasteiger partial charge in [-0.15, -0.1) is 0 Å². The fourth-order valence-corrected chi connectivity index (χ4v) is 2.39. The lowest BCUT2D eigenvalue weighted by Crippen LogP contribution is -2.12. The van der Waals surface area contributed by atoms with Crippen molar-refractivity contribution in [3.63, 3.8) is 0 Å². The largest absolute Gasteiger partial charge is 0.380 e. The lowest BCUT2D eigenvalue weighted by atomic mass is 10.2. The van der Waals surface area contributed by atoms with Crippen LogP contribution in [0.2, 0.25) is 5.02 Å². The molecule has 0 atom stereocenters. The maximum absolute atomic E-state index is 13.0. The lowest BCUT2D eigenvalue weighted by molar-refractivity contribution is 0.598. The Morgan fingerprint density at radius 1 is 1.20 bits per heavy atom. The summed E-state index contributed by atoms with van der Waals surface area (Å²) in [5.41, 5.74) is 1.13. The number of nitrogens with one attached hydrogen (secondary N) is 1. The van der Waals surface area contributed by atoms with Crippen molar-refractivity contribution < 1.29 is 12.8 Å². The summed E-state index contributed by atoms with van der Waals surface area (Å²) in [7, 11) is -3.79. The molecular weight excluding hydrogens is 303 g/mol. The maximum atomic E-state index is 13.0. The second-order valence-electron chi connectivity index (χ2n) is 4.17. The highest BCUT2D eigenvalue weighted by Crippen LogP contribution is 2.25. The molecule has 2 aromatic carbocycles. The standard InChI is InChI=1S/C13H12ClFN2O2S/c14-12-5-4-11(20(16,18)19)7-13(12)17-8-9-2-1-3-10(15)6-9/h1-7,17H,8H2,(H2,16,18,19). The van der Waals surface area contributed by atoms with E-state index in [1.165, 1.54) is 30.3 Å². The first-order valence-corrected chi connectivity index (χ1v) is 7.59. The summed E-state index contributed by atoms with van der Waals surface area (Å²) in [4.78, 5) is -0.0383. The summed E-state index contributed by atoms with van der Waals surface area (Å²) in [6.07, 6.45) is 0. The minimum Gasteiger partial charge on any atom is -0.380 e. The van der Waals surface area contributed by atoms with Gasteiger partial charge in [-0.05, 0) is 35.9 Å². The molecule has 0 bridgehead atoms. The van der Waals surface area contributed by atoms with E-state index in [2.05, 4.69) is 5.32 Å². The minimum atomic E-state index is -3.79. The van der Waals surface area contributed by atoms with E-state index in [1.54, 1.807) is 12.1 Å². The van der Waals surface area contributed by atoms with Gasteiger partial charge in [0.2, 0.25) is 10.0 Å². The average Bonchev–Trinajstić information content (AvgIpc) is 2.36. The lowest BCUT2D eigenvalue weighted by Gasteiger charge is -2.10. The topological polar surface area (TPSA) is 72.2 Å². The van der Waals surface area contributed by atoms with Gasteiger partial charge in [0.15, 0.2) is 0 Å². The van der Waals surface area contributed by atoms with Gasteiger partial charge < -0.3 is 5.32 Å². The average molecular weight is 315 g/mol. The van der Waals surface area contributed by atoms with E-state index in [4.69, 9.17) is 16.7 Å².